The van der Waals surface area contributed by atoms with E-state index in [4.69, 9.17) is 35.4 Å². The molecule has 0 aliphatic carbocycles. The minimum absolute atomic E-state index is 0.00877. The summed E-state index contributed by atoms with van der Waals surface area (Å²) in [6.45, 7) is 0.181. The van der Waals surface area contributed by atoms with Gasteiger partial charge in [-0.3, -0.25) is 19.8 Å². The van der Waals surface area contributed by atoms with Gasteiger partial charge in [-0.2, -0.15) is 0 Å². The predicted molar refractivity (Wildman–Crippen MR) is 113 cm³/mol. The van der Waals surface area contributed by atoms with Gasteiger partial charge in [-0.25, -0.2) is 0 Å². The first-order chi connectivity index (χ1) is 12.8. The second-order valence-corrected chi connectivity index (χ2v) is 7.91. The van der Waals surface area contributed by atoms with Crippen molar-refractivity contribution in [1.29, 1.82) is 0 Å². The predicted octanol–water partition coefficient (Wildman–Crippen LogP) is 5.17. The van der Waals surface area contributed by atoms with Gasteiger partial charge in [0.2, 0.25) is 0 Å². The number of nitro benzene ring substituents is 1. The van der Waals surface area contributed by atoms with E-state index in [1.54, 1.807) is 36.4 Å². The molecule has 1 saturated heterocycles. The van der Waals surface area contributed by atoms with Gasteiger partial charge in [-0.15, -0.1) is 0 Å². The van der Waals surface area contributed by atoms with Crippen LogP contribution in [0.25, 0.3) is 6.08 Å². The SMILES string of the molecule is O=C1C(=Cc2ccc([N+](=O)[O-])cc2)SC(=S)N1CNc1ccc(Cl)c(Cl)c1. The third kappa shape index (κ3) is 4.59. The Morgan fingerprint density at radius 3 is 2.52 bits per heavy atom. The average Bonchev–Trinajstić information content (AvgIpc) is 2.90. The van der Waals surface area contributed by atoms with Crippen molar-refractivity contribution in [2.75, 3.05) is 12.0 Å². The molecule has 0 radical (unpaired) electrons. The summed E-state index contributed by atoms with van der Waals surface area (Å²) in [6.07, 6.45) is 1.65. The van der Waals surface area contributed by atoms with Gasteiger partial charge in [-0.1, -0.05) is 47.2 Å². The largest absolute Gasteiger partial charge is 0.367 e. The topological polar surface area (TPSA) is 75.5 Å². The van der Waals surface area contributed by atoms with Crippen LogP contribution in [0.2, 0.25) is 10.0 Å². The number of hydrogen-bond acceptors (Lipinski definition) is 6. The van der Waals surface area contributed by atoms with E-state index in [0.29, 0.717) is 30.5 Å². The molecule has 10 heteroatoms. The molecule has 0 aromatic heterocycles. The number of rotatable bonds is 5. The standard InChI is InChI=1S/C17H11Cl2N3O3S2/c18-13-6-3-11(8-14(13)19)20-9-21-16(23)15(27-17(21)26)7-10-1-4-12(5-2-10)22(24)25/h1-8,20H,9H2. The fourth-order valence-electron chi connectivity index (χ4n) is 2.26. The Hall–Kier alpha value is -2.13. The van der Waals surface area contributed by atoms with Crippen LogP contribution in [0.3, 0.4) is 0 Å². The number of carbonyl (C=O) groups is 1. The summed E-state index contributed by atoms with van der Waals surface area (Å²) in [5.41, 5.74) is 1.38. The summed E-state index contributed by atoms with van der Waals surface area (Å²) in [4.78, 5) is 24.7. The lowest BCUT2D eigenvalue weighted by atomic mass is 10.2. The minimum Gasteiger partial charge on any atom is -0.367 e. The van der Waals surface area contributed by atoms with Crippen molar-refractivity contribution in [3.8, 4) is 0 Å². The van der Waals surface area contributed by atoms with E-state index < -0.39 is 4.92 Å². The van der Waals surface area contributed by atoms with Gasteiger partial charge in [0.1, 0.15) is 4.32 Å². The maximum Gasteiger partial charge on any atom is 0.269 e. The third-order valence-electron chi connectivity index (χ3n) is 3.64. The van der Waals surface area contributed by atoms with Crippen molar-refractivity contribution in [3.63, 3.8) is 0 Å². The van der Waals surface area contributed by atoms with Crippen molar-refractivity contribution >= 4 is 74.9 Å². The van der Waals surface area contributed by atoms with Gasteiger partial charge in [0.05, 0.1) is 26.5 Å². The highest BCUT2D eigenvalue weighted by Crippen LogP contribution is 2.33. The Morgan fingerprint density at radius 1 is 1.19 bits per heavy atom. The summed E-state index contributed by atoms with van der Waals surface area (Å²) in [5, 5.41) is 14.6. The van der Waals surface area contributed by atoms with E-state index in [0.717, 1.165) is 0 Å². The fourth-order valence-corrected chi connectivity index (χ4v) is 3.81. The van der Waals surface area contributed by atoms with E-state index in [1.165, 1.54) is 28.8 Å². The maximum absolute atomic E-state index is 12.6. The Morgan fingerprint density at radius 2 is 1.89 bits per heavy atom. The molecule has 2 aromatic rings. The molecular formula is C17H11Cl2N3O3S2. The Kier molecular flexibility index (Phi) is 6.01. The van der Waals surface area contributed by atoms with Crippen molar-refractivity contribution in [2.45, 2.75) is 0 Å². The highest BCUT2D eigenvalue weighted by Gasteiger charge is 2.31. The Labute approximate surface area is 174 Å². The number of non-ortho nitro benzene ring substituents is 1. The van der Waals surface area contributed by atoms with Crippen LogP contribution in [0.5, 0.6) is 0 Å². The summed E-state index contributed by atoms with van der Waals surface area (Å²) in [7, 11) is 0. The van der Waals surface area contributed by atoms with Crippen molar-refractivity contribution < 1.29 is 9.72 Å². The zero-order valence-corrected chi connectivity index (χ0v) is 16.7. The van der Waals surface area contributed by atoms with Gasteiger partial charge >= 0.3 is 0 Å². The molecule has 27 heavy (non-hydrogen) atoms. The average molecular weight is 440 g/mol. The number of nitro groups is 1. The molecule has 0 bridgehead atoms. The quantitative estimate of drug-likeness (QED) is 0.299. The number of carbonyl (C=O) groups excluding carboxylic acids is 1. The van der Waals surface area contributed by atoms with Gasteiger partial charge < -0.3 is 5.32 Å². The molecule has 1 aliphatic heterocycles. The van der Waals surface area contributed by atoms with Crippen LogP contribution < -0.4 is 5.32 Å². The molecule has 0 atom stereocenters. The first kappa shape index (κ1) is 19.6. The zero-order valence-electron chi connectivity index (χ0n) is 13.5. The normalized spacial score (nSPS) is 15.5. The molecule has 138 valence electrons. The number of nitrogens with one attached hydrogen (secondary N) is 1. The third-order valence-corrected chi connectivity index (χ3v) is 5.75. The maximum atomic E-state index is 12.6. The van der Waals surface area contributed by atoms with E-state index in [9.17, 15) is 14.9 Å². The van der Waals surface area contributed by atoms with E-state index >= 15 is 0 Å². The number of amides is 1. The molecule has 3 rings (SSSR count). The molecule has 0 unspecified atom stereocenters. The first-order valence-electron chi connectivity index (χ1n) is 7.54. The lowest BCUT2D eigenvalue weighted by Gasteiger charge is -2.16. The Bertz CT molecular complexity index is 964. The lowest BCUT2D eigenvalue weighted by molar-refractivity contribution is -0.384. The number of thiocarbonyl (C=S) groups is 1. The minimum atomic E-state index is -0.474. The summed E-state index contributed by atoms with van der Waals surface area (Å²) >= 11 is 18.3. The van der Waals surface area contributed by atoms with E-state index in [-0.39, 0.29) is 18.3 Å². The van der Waals surface area contributed by atoms with Gasteiger partial charge in [-0.05, 0) is 42.0 Å². The molecule has 1 aliphatic rings. The molecule has 1 N–H and O–H groups in total. The van der Waals surface area contributed by atoms with Gasteiger partial charge in [0, 0.05) is 17.8 Å². The van der Waals surface area contributed by atoms with E-state index in [1.807, 2.05) is 0 Å². The van der Waals surface area contributed by atoms with Crippen molar-refractivity contribution in [3.05, 3.63) is 73.1 Å². The Balaban J connectivity index is 1.70. The molecule has 0 spiro atoms. The van der Waals surface area contributed by atoms with Crippen LogP contribution in [0.15, 0.2) is 47.4 Å². The summed E-state index contributed by atoms with van der Waals surface area (Å²) in [5.74, 6) is -0.240. The number of halogens is 2. The second kappa shape index (κ2) is 8.26. The number of thioether (sulfide) groups is 1. The van der Waals surface area contributed by atoms with Crippen LogP contribution in [0.1, 0.15) is 5.56 Å². The van der Waals surface area contributed by atoms with Crippen LogP contribution in [-0.4, -0.2) is 26.7 Å². The monoisotopic (exact) mass is 439 g/mol. The highest BCUT2D eigenvalue weighted by atomic mass is 35.5. The van der Waals surface area contributed by atoms with Crippen LogP contribution >= 0.6 is 47.2 Å². The fraction of sp³-hybridized carbons (Fsp3) is 0.0588. The molecule has 0 saturated carbocycles. The van der Waals surface area contributed by atoms with E-state index in [2.05, 4.69) is 5.32 Å². The van der Waals surface area contributed by atoms with Gasteiger partial charge in [0.25, 0.3) is 11.6 Å². The molecule has 1 amide bonds. The second-order valence-electron chi connectivity index (χ2n) is 5.42. The van der Waals surface area contributed by atoms with Crippen LogP contribution in [0.4, 0.5) is 11.4 Å². The first-order valence-corrected chi connectivity index (χ1v) is 9.52. The molecule has 1 fully saturated rings. The summed E-state index contributed by atoms with van der Waals surface area (Å²) in [6, 6.07) is 11.0. The number of hydrogen-bond donors (Lipinski definition) is 1. The van der Waals surface area contributed by atoms with Crippen molar-refractivity contribution in [2.24, 2.45) is 0 Å². The van der Waals surface area contributed by atoms with Crippen molar-refractivity contribution in [1.82, 2.24) is 4.90 Å². The molecule has 1 heterocycles. The lowest BCUT2D eigenvalue weighted by Crippen LogP contribution is -2.33. The van der Waals surface area contributed by atoms with Gasteiger partial charge in [0.15, 0.2) is 0 Å². The number of anilines is 1. The smallest absolute Gasteiger partial charge is 0.269 e. The highest BCUT2D eigenvalue weighted by molar-refractivity contribution is 8.26. The zero-order chi connectivity index (χ0) is 19.6. The molecule has 2 aromatic carbocycles. The van der Waals surface area contributed by atoms with Crippen LogP contribution in [-0.2, 0) is 4.79 Å². The molecule has 6 nitrogen and oxygen atoms in total. The summed E-state index contributed by atoms with van der Waals surface area (Å²) < 4.78 is 0.417. The number of nitrogens with zero attached hydrogens (tertiary/aromatic N) is 2. The number of benzene rings is 2. The molecular weight excluding hydrogens is 429 g/mol. The van der Waals surface area contributed by atoms with Crippen LogP contribution in [0, 0.1) is 10.1 Å².